The van der Waals surface area contributed by atoms with Crippen molar-refractivity contribution >= 4 is 28.4 Å². The van der Waals surface area contributed by atoms with E-state index >= 15 is 0 Å². The molecule has 0 unspecified atom stereocenters. The summed E-state index contributed by atoms with van der Waals surface area (Å²) in [5, 5.41) is 15.4. The van der Waals surface area contributed by atoms with Gasteiger partial charge in [-0.15, -0.1) is 0 Å². The summed E-state index contributed by atoms with van der Waals surface area (Å²) in [6.07, 6.45) is 2.54. The predicted molar refractivity (Wildman–Crippen MR) is 91.7 cm³/mol. The summed E-state index contributed by atoms with van der Waals surface area (Å²) < 4.78 is 0. The third-order valence-corrected chi connectivity index (χ3v) is 3.69. The Morgan fingerprint density at radius 1 is 1.00 bits per heavy atom. The van der Waals surface area contributed by atoms with E-state index in [4.69, 9.17) is 0 Å². The highest BCUT2D eigenvalue weighted by atomic mass is 16.3. The lowest BCUT2D eigenvalue weighted by atomic mass is 10.1. The van der Waals surface area contributed by atoms with Crippen LogP contribution in [0.2, 0.25) is 0 Å². The molecule has 122 valence electrons. The Balaban J connectivity index is 1.51. The number of aromatic nitrogens is 1. The number of aromatic amines is 1. The van der Waals surface area contributed by atoms with Crippen LogP contribution in [0.5, 0.6) is 5.75 Å². The van der Waals surface area contributed by atoms with Crippen LogP contribution in [0.4, 0.5) is 5.69 Å². The number of aromatic hydroxyl groups is 1. The van der Waals surface area contributed by atoms with Gasteiger partial charge < -0.3 is 20.7 Å². The number of H-pyrrole nitrogens is 1. The van der Waals surface area contributed by atoms with E-state index in [9.17, 15) is 14.7 Å². The third kappa shape index (κ3) is 3.55. The lowest BCUT2D eigenvalue weighted by molar-refractivity contribution is -0.136. The maximum atomic E-state index is 11.8. The molecule has 0 radical (unpaired) electrons. The average molecular weight is 323 g/mol. The normalized spacial score (nSPS) is 10.5. The lowest BCUT2D eigenvalue weighted by Gasteiger charge is -2.06. The van der Waals surface area contributed by atoms with Gasteiger partial charge in [-0.2, -0.15) is 0 Å². The fourth-order valence-corrected chi connectivity index (χ4v) is 2.46. The minimum absolute atomic E-state index is 0.0937. The molecule has 2 aromatic carbocycles. The molecule has 0 fully saturated rings. The molecule has 0 bridgehead atoms. The molecule has 0 saturated heterocycles. The number of hydrogen-bond acceptors (Lipinski definition) is 3. The number of fused-ring (bicyclic) bond motifs is 1. The Labute approximate surface area is 138 Å². The van der Waals surface area contributed by atoms with Crippen molar-refractivity contribution in [2.45, 2.75) is 6.42 Å². The van der Waals surface area contributed by atoms with E-state index in [1.165, 1.54) is 24.3 Å². The Bertz CT molecular complexity index is 869. The zero-order valence-corrected chi connectivity index (χ0v) is 12.9. The zero-order valence-electron chi connectivity index (χ0n) is 12.9. The van der Waals surface area contributed by atoms with Gasteiger partial charge in [0.1, 0.15) is 5.75 Å². The van der Waals surface area contributed by atoms with Crippen LogP contribution in [0.3, 0.4) is 0 Å². The van der Waals surface area contributed by atoms with Crippen molar-refractivity contribution in [2.75, 3.05) is 11.9 Å². The quantitative estimate of drug-likeness (QED) is 0.438. The van der Waals surface area contributed by atoms with Crippen LogP contribution in [-0.2, 0) is 16.0 Å². The Hall–Kier alpha value is -3.28. The topological polar surface area (TPSA) is 94.2 Å². The molecule has 0 aliphatic heterocycles. The molecular weight excluding hydrogens is 306 g/mol. The highest BCUT2D eigenvalue weighted by molar-refractivity contribution is 6.39. The fraction of sp³-hybridized carbons (Fsp3) is 0.111. The molecule has 0 atom stereocenters. The molecule has 3 rings (SSSR count). The molecule has 6 nitrogen and oxygen atoms in total. The molecule has 0 spiro atoms. The van der Waals surface area contributed by atoms with E-state index in [1.54, 1.807) is 0 Å². The van der Waals surface area contributed by atoms with E-state index < -0.39 is 11.8 Å². The standard InChI is InChI=1S/C18H17N3O3/c22-14-7-5-13(6-8-14)21-18(24)17(23)19-10-9-12-11-20-16-4-2-1-3-15(12)16/h1-8,11,20,22H,9-10H2,(H,19,23)(H,21,24). The van der Waals surface area contributed by atoms with Gasteiger partial charge in [-0.3, -0.25) is 9.59 Å². The molecule has 4 N–H and O–H groups in total. The Morgan fingerprint density at radius 3 is 2.54 bits per heavy atom. The number of carbonyl (C=O) groups is 2. The number of anilines is 1. The van der Waals surface area contributed by atoms with E-state index in [-0.39, 0.29) is 5.75 Å². The highest BCUT2D eigenvalue weighted by Crippen LogP contribution is 2.17. The second-order valence-electron chi connectivity index (χ2n) is 5.37. The fourth-order valence-electron chi connectivity index (χ4n) is 2.46. The molecular formula is C18H17N3O3. The van der Waals surface area contributed by atoms with Gasteiger partial charge in [-0.05, 0) is 42.3 Å². The van der Waals surface area contributed by atoms with Crippen LogP contribution in [0.1, 0.15) is 5.56 Å². The second-order valence-corrected chi connectivity index (χ2v) is 5.37. The summed E-state index contributed by atoms with van der Waals surface area (Å²) in [5.74, 6) is -1.33. The van der Waals surface area contributed by atoms with Crippen LogP contribution in [-0.4, -0.2) is 28.4 Å². The first kappa shape index (κ1) is 15.6. The van der Waals surface area contributed by atoms with Gasteiger partial charge in [0.2, 0.25) is 0 Å². The number of benzene rings is 2. The first-order valence-electron chi connectivity index (χ1n) is 7.57. The van der Waals surface area contributed by atoms with Crippen LogP contribution >= 0.6 is 0 Å². The summed E-state index contributed by atoms with van der Waals surface area (Å²) in [7, 11) is 0. The van der Waals surface area contributed by atoms with E-state index in [1.807, 2.05) is 30.5 Å². The molecule has 0 saturated carbocycles. The van der Waals surface area contributed by atoms with Gasteiger partial charge in [-0.25, -0.2) is 0 Å². The first-order valence-corrected chi connectivity index (χ1v) is 7.57. The smallest absolute Gasteiger partial charge is 0.313 e. The second kappa shape index (κ2) is 6.87. The zero-order chi connectivity index (χ0) is 16.9. The maximum absolute atomic E-state index is 11.8. The summed E-state index contributed by atoms with van der Waals surface area (Å²) in [6, 6.07) is 13.8. The van der Waals surface area contributed by atoms with Crippen LogP contribution in [0, 0.1) is 0 Å². The van der Waals surface area contributed by atoms with Gasteiger partial charge in [0.15, 0.2) is 0 Å². The number of nitrogens with one attached hydrogen (secondary N) is 3. The van der Waals surface area contributed by atoms with Gasteiger partial charge in [-0.1, -0.05) is 18.2 Å². The van der Waals surface area contributed by atoms with Crippen molar-refractivity contribution in [3.05, 3.63) is 60.3 Å². The molecule has 6 heteroatoms. The first-order chi connectivity index (χ1) is 11.6. The predicted octanol–water partition coefficient (Wildman–Crippen LogP) is 2.17. The minimum atomic E-state index is -0.736. The number of hydrogen-bond donors (Lipinski definition) is 4. The molecule has 3 aromatic rings. The van der Waals surface area contributed by atoms with Crippen molar-refractivity contribution in [3.8, 4) is 5.75 Å². The summed E-state index contributed by atoms with van der Waals surface area (Å²) >= 11 is 0. The SMILES string of the molecule is O=C(NCCc1c[nH]c2ccccc12)C(=O)Nc1ccc(O)cc1. The average Bonchev–Trinajstić information content (AvgIpc) is 3.00. The molecule has 0 aliphatic rings. The molecule has 2 amide bonds. The van der Waals surface area contributed by atoms with Crippen LogP contribution in [0.15, 0.2) is 54.7 Å². The van der Waals surface area contributed by atoms with Crippen molar-refractivity contribution < 1.29 is 14.7 Å². The van der Waals surface area contributed by atoms with Gasteiger partial charge in [0, 0.05) is 29.3 Å². The molecule has 1 heterocycles. The Kier molecular flexibility index (Phi) is 4.47. The molecule has 0 aliphatic carbocycles. The van der Waals surface area contributed by atoms with Crippen LogP contribution < -0.4 is 10.6 Å². The Morgan fingerprint density at radius 2 is 1.75 bits per heavy atom. The molecule has 1 aromatic heterocycles. The summed E-state index contributed by atoms with van der Waals surface area (Å²) in [5.41, 5.74) is 2.58. The van der Waals surface area contributed by atoms with Crippen LogP contribution in [0.25, 0.3) is 10.9 Å². The third-order valence-electron chi connectivity index (χ3n) is 3.69. The van der Waals surface area contributed by atoms with Gasteiger partial charge >= 0.3 is 11.8 Å². The van der Waals surface area contributed by atoms with Crippen molar-refractivity contribution in [1.29, 1.82) is 0 Å². The molecule has 24 heavy (non-hydrogen) atoms. The lowest BCUT2D eigenvalue weighted by Crippen LogP contribution is -2.36. The number of rotatable bonds is 4. The monoisotopic (exact) mass is 323 g/mol. The van der Waals surface area contributed by atoms with E-state index in [0.29, 0.717) is 18.7 Å². The largest absolute Gasteiger partial charge is 0.508 e. The van der Waals surface area contributed by atoms with Gasteiger partial charge in [0.05, 0.1) is 0 Å². The van der Waals surface area contributed by atoms with Gasteiger partial charge in [0.25, 0.3) is 0 Å². The number of phenolic OH excluding ortho intramolecular Hbond substituents is 1. The highest BCUT2D eigenvalue weighted by Gasteiger charge is 2.13. The number of carbonyl (C=O) groups excluding carboxylic acids is 2. The van der Waals surface area contributed by atoms with Crippen molar-refractivity contribution in [1.82, 2.24) is 10.3 Å². The number of para-hydroxylation sites is 1. The van der Waals surface area contributed by atoms with Crippen molar-refractivity contribution in [2.24, 2.45) is 0 Å². The summed E-state index contributed by atoms with van der Waals surface area (Å²) in [4.78, 5) is 26.8. The summed E-state index contributed by atoms with van der Waals surface area (Å²) in [6.45, 7) is 0.365. The number of amides is 2. The maximum Gasteiger partial charge on any atom is 0.313 e. The minimum Gasteiger partial charge on any atom is -0.508 e. The number of phenols is 1. The van der Waals surface area contributed by atoms with E-state index in [0.717, 1.165) is 16.5 Å². The van der Waals surface area contributed by atoms with Crippen molar-refractivity contribution in [3.63, 3.8) is 0 Å². The van der Waals surface area contributed by atoms with E-state index in [2.05, 4.69) is 15.6 Å².